The maximum Gasteiger partial charge on any atom is 0.163 e. The van der Waals surface area contributed by atoms with E-state index in [0.717, 1.165) is 64.8 Å². The second-order valence-electron chi connectivity index (χ2n) is 18.9. The largest absolute Gasteiger partial charge is 0.493 e. The molecule has 0 radical (unpaired) electrons. The highest BCUT2D eigenvalue weighted by Crippen LogP contribution is 2.42. The fraction of sp³-hybridized carbons (Fsp3) is 0.377. The number of aliphatic hydroxyl groups excluding tert-OH is 3. The van der Waals surface area contributed by atoms with Crippen molar-refractivity contribution in [1.82, 2.24) is 0 Å². The Kier molecular flexibility index (Phi) is 19.2. The SMILES string of the molecule is COc1cc2c(cc1OCCOc1ccc(CO)cc1C(C)=O)Cc1cc(OC)c(OCCOc3ccc(CO)cc3C(C)=O)cc1Cc1cc(OC)c(OCC(O)COc3ccc(C4CCCCO4)cc3OC)cc1C2. The van der Waals surface area contributed by atoms with Crippen LogP contribution in [0.4, 0.5) is 0 Å². The Bertz CT molecular complexity index is 2930. The molecule has 6 aromatic rings. The van der Waals surface area contributed by atoms with Crippen molar-refractivity contribution in [3.63, 3.8) is 0 Å². The third kappa shape index (κ3) is 13.9. The van der Waals surface area contributed by atoms with E-state index in [1.54, 1.807) is 64.8 Å². The molecule has 1 fully saturated rings. The highest BCUT2D eigenvalue weighted by molar-refractivity contribution is 5.97. The Labute approximate surface area is 449 Å². The van der Waals surface area contributed by atoms with Gasteiger partial charge in [0.1, 0.15) is 57.2 Å². The normalized spacial score (nSPS) is 14.2. The Balaban J connectivity index is 1.06. The Hall–Kier alpha value is -7.50. The molecule has 408 valence electrons. The molecule has 3 N–H and O–H groups in total. The summed E-state index contributed by atoms with van der Waals surface area (Å²) in [7, 11) is 6.33. The first-order valence-corrected chi connectivity index (χ1v) is 25.7. The minimum absolute atomic E-state index is 0.0106. The number of hydrogen-bond acceptors (Lipinski definition) is 16. The molecule has 1 aliphatic heterocycles. The molecule has 6 aromatic carbocycles. The number of benzene rings is 6. The molecule has 1 heterocycles. The number of methoxy groups -OCH3 is 4. The summed E-state index contributed by atoms with van der Waals surface area (Å²) in [6.07, 6.45) is 3.50. The number of rotatable bonds is 25. The average Bonchev–Trinajstić information content (AvgIpc) is 3.51. The van der Waals surface area contributed by atoms with Crippen LogP contribution < -0.4 is 47.4 Å². The van der Waals surface area contributed by atoms with E-state index >= 15 is 0 Å². The van der Waals surface area contributed by atoms with Gasteiger partial charge in [0.2, 0.25) is 0 Å². The van der Waals surface area contributed by atoms with E-state index in [1.165, 1.54) is 13.8 Å². The predicted octanol–water partition coefficient (Wildman–Crippen LogP) is 9.17. The zero-order chi connectivity index (χ0) is 54.4. The zero-order valence-corrected chi connectivity index (χ0v) is 44.6. The van der Waals surface area contributed by atoms with Gasteiger partial charge in [-0.15, -0.1) is 0 Å². The van der Waals surface area contributed by atoms with Crippen LogP contribution in [0.25, 0.3) is 0 Å². The van der Waals surface area contributed by atoms with Crippen LogP contribution in [0.5, 0.6) is 57.5 Å². The second kappa shape index (κ2) is 26.5. The first-order valence-electron chi connectivity index (χ1n) is 25.7. The lowest BCUT2D eigenvalue weighted by molar-refractivity contribution is 0.0147. The van der Waals surface area contributed by atoms with E-state index in [-0.39, 0.29) is 70.5 Å². The van der Waals surface area contributed by atoms with Crippen LogP contribution in [-0.4, -0.2) is 108 Å². The first kappa shape index (κ1) is 55.7. The molecule has 0 amide bonds. The minimum atomic E-state index is -1.01. The second-order valence-corrected chi connectivity index (χ2v) is 18.9. The lowest BCUT2D eigenvalue weighted by Gasteiger charge is -2.24. The molecule has 0 saturated carbocycles. The van der Waals surface area contributed by atoms with Crippen LogP contribution >= 0.6 is 0 Å². The van der Waals surface area contributed by atoms with E-state index in [9.17, 15) is 24.9 Å². The molecule has 0 bridgehead atoms. The summed E-state index contributed by atoms with van der Waals surface area (Å²) in [6, 6.07) is 27.5. The molecule has 77 heavy (non-hydrogen) atoms. The van der Waals surface area contributed by atoms with Gasteiger partial charge in [0.05, 0.1) is 58.9 Å². The third-order valence-electron chi connectivity index (χ3n) is 13.6. The molecule has 16 nitrogen and oxygen atoms in total. The molecule has 16 heteroatoms. The summed E-state index contributed by atoms with van der Waals surface area (Å²) in [4.78, 5) is 24.9. The number of ether oxygens (including phenoxy) is 11. The van der Waals surface area contributed by atoms with E-state index in [2.05, 4.69) is 0 Å². The molecule has 0 spiro atoms. The molecule has 0 aromatic heterocycles. The van der Waals surface area contributed by atoms with Crippen LogP contribution in [0.2, 0.25) is 0 Å². The van der Waals surface area contributed by atoms with Gasteiger partial charge in [0.25, 0.3) is 0 Å². The van der Waals surface area contributed by atoms with Gasteiger partial charge in [-0.3, -0.25) is 9.59 Å². The first-order chi connectivity index (χ1) is 37.4. The van der Waals surface area contributed by atoms with Gasteiger partial charge in [-0.2, -0.15) is 0 Å². The number of Topliss-reactive ketones (excluding diaryl/α,β-unsaturated/α-hetero) is 2. The monoisotopic (exact) mass is 1060 g/mol. The number of carbonyl (C=O) groups excluding carboxylic acids is 2. The number of carbonyl (C=O) groups is 2. The van der Waals surface area contributed by atoms with Crippen LogP contribution in [0, 0.1) is 0 Å². The van der Waals surface area contributed by atoms with Crippen molar-refractivity contribution in [3.8, 4) is 57.5 Å². The van der Waals surface area contributed by atoms with Crippen molar-refractivity contribution in [1.29, 1.82) is 0 Å². The van der Waals surface area contributed by atoms with Gasteiger partial charge in [-0.05, 0) is 175 Å². The number of aliphatic hydroxyl groups is 3. The van der Waals surface area contributed by atoms with Gasteiger partial charge in [-0.25, -0.2) is 0 Å². The van der Waals surface area contributed by atoms with Crippen molar-refractivity contribution in [2.75, 3.05) is 74.7 Å². The summed E-state index contributed by atoms with van der Waals surface area (Å²) in [5.41, 5.74) is 8.70. The van der Waals surface area contributed by atoms with Gasteiger partial charge in [0, 0.05) is 6.61 Å². The van der Waals surface area contributed by atoms with Crippen molar-refractivity contribution in [2.24, 2.45) is 0 Å². The molecule has 8 rings (SSSR count). The van der Waals surface area contributed by atoms with Crippen LogP contribution in [0.3, 0.4) is 0 Å². The molecule has 2 unspecified atom stereocenters. The van der Waals surface area contributed by atoms with Crippen molar-refractivity contribution >= 4 is 11.6 Å². The molecule has 2 aliphatic rings. The van der Waals surface area contributed by atoms with Crippen LogP contribution in [0.1, 0.15) is 110 Å². The van der Waals surface area contributed by atoms with E-state index in [4.69, 9.17) is 52.1 Å². The van der Waals surface area contributed by atoms with Crippen LogP contribution in [-0.2, 0) is 37.2 Å². The van der Waals surface area contributed by atoms with E-state index in [0.29, 0.717) is 99.0 Å². The number of ketones is 2. The summed E-state index contributed by atoms with van der Waals surface area (Å²) in [5.74, 6) is 4.38. The van der Waals surface area contributed by atoms with Gasteiger partial charge in [0.15, 0.2) is 57.6 Å². The molecular weight excluding hydrogens is 989 g/mol. The molecule has 1 saturated heterocycles. The highest BCUT2D eigenvalue weighted by Gasteiger charge is 2.25. The summed E-state index contributed by atoms with van der Waals surface area (Å²) in [5, 5.41) is 30.5. The van der Waals surface area contributed by atoms with Gasteiger partial charge < -0.3 is 67.4 Å². The average molecular weight is 1060 g/mol. The van der Waals surface area contributed by atoms with Crippen molar-refractivity contribution < 1.29 is 77.0 Å². The summed E-state index contributed by atoms with van der Waals surface area (Å²) >= 11 is 0. The molecule has 1 aliphatic carbocycles. The molecular formula is C61H68O16. The van der Waals surface area contributed by atoms with E-state index in [1.807, 2.05) is 54.6 Å². The Morgan fingerprint density at radius 3 is 1.25 bits per heavy atom. The standard InChI is InChI=1S/C61H68O16/c1-37(64)49-21-39(33-62)10-13-52(49)72-17-19-74-59-30-45-23-42-27-56(68-4)60(75-20-18-73-53-14-11-40(34-63)22-50(53)38(2)65)31-46(42)24-44-29-58(70-6)61(32-47(44)25-43(45)28-57(59)69-5)77-36-48(66)35-76-54-15-12-41(26-55(54)67-3)51-9-7-8-16-71-51/h10-15,21-22,26-32,48,51,62-63,66H,7-9,16-20,23-25,33-36H2,1-6H3. The fourth-order valence-electron chi connectivity index (χ4n) is 9.54. The lowest BCUT2D eigenvalue weighted by Crippen LogP contribution is -2.25. The zero-order valence-electron chi connectivity index (χ0n) is 44.6. The van der Waals surface area contributed by atoms with Crippen molar-refractivity contribution in [2.45, 2.75) is 77.8 Å². The topological polar surface area (TPSA) is 196 Å². The smallest absolute Gasteiger partial charge is 0.163 e. The Morgan fingerprint density at radius 1 is 0.481 bits per heavy atom. The minimum Gasteiger partial charge on any atom is -0.493 e. The fourth-order valence-corrected chi connectivity index (χ4v) is 9.54. The third-order valence-corrected chi connectivity index (χ3v) is 13.6. The maximum atomic E-state index is 12.4. The van der Waals surface area contributed by atoms with Gasteiger partial charge >= 0.3 is 0 Å². The predicted molar refractivity (Wildman–Crippen MR) is 287 cm³/mol. The lowest BCUT2D eigenvalue weighted by atomic mass is 9.94. The number of hydrogen-bond donors (Lipinski definition) is 3. The summed E-state index contributed by atoms with van der Waals surface area (Å²) < 4.78 is 66.6. The number of fused-ring (bicyclic) bond motifs is 3. The highest BCUT2D eigenvalue weighted by atomic mass is 16.6. The van der Waals surface area contributed by atoms with Crippen molar-refractivity contribution in [3.05, 3.63) is 152 Å². The summed E-state index contributed by atoms with van der Waals surface area (Å²) in [6.45, 7) is 3.58. The maximum absolute atomic E-state index is 12.4. The van der Waals surface area contributed by atoms with E-state index < -0.39 is 6.10 Å². The Morgan fingerprint density at radius 2 is 0.857 bits per heavy atom. The molecule has 2 atom stereocenters. The quantitative estimate of drug-likeness (QED) is 0.0362. The van der Waals surface area contributed by atoms with Crippen LogP contribution in [0.15, 0.2) is 91.0 Å². The van der Waals surface area contributed by atoms with Gasteiger partial charge in [-0.1, -0.05) is 18.2 Å².